The second kappa shape index (κ2) is 9.34. The van der Waals surface area contributed by atoms with Crippen LogP contribution in [0.1, 0.15) is 5.82 Å². The molecule has 0 saturated carbocycles. The Morgan fingerprint density at radius 3 is 2.68 bits per heavy atom. The zero-order valence-corrected chi connectivity index (χ0v) is 21.5. The van der Waals surface area contributed by atoms with E-state index >= 15 is 0 Å². The number of H-pyrrole nitrogens is 2. The minimum atomic E-state index is -0.340. The summed E-state index contributed by atoms with van der Waals surface area (Å²) in [6.45, 7) is 3.48. The molecule has 192 valence electrons. The predicted octanol–water partition coefficient (Wildman–Crippen LogP) is 4.38. The smallest absolute Gasteiger partial charge is 0.159 e. The lowest BCUT2D eigenvalue weighted by molar-refractivity contribution is 0.425. The molecule has 0 atom stereocenters. The van der Waals surface area contributed by atoms with E-state index < -0.39 is 0 Å². The molecule has 1 aromatic carbocycles. The third-order valence-corrected chi connectivity index (χ3v) is 6.61. The molecular weight excluding hydrogens is 483 g/mol. The van der Waals surface area contributed by atoms with Gasteiger partial charge in [0.15, 0.2) is 5.82 Å². The molecule has 0 saturated heterocycles. The number of benzene rings is 1. The summed E-state index contributed by atoms with van der Waals surface area (Å²) in [5.41, 5.74) is 6.50. The van der Waals surface area contributed by atoms with Crippen LogP contribution < -0.4 is 5.32 Å². The first-order valence-corrected chi connectivity index (χ1v) is 12.2. The van der Waals surface area contributed by atoms with Crippen LogP contribution in [0, 0.1) is 12.7 Å². The Labute approximate surface area is 218 Å². The highest BCUT2D eigenvalue weighted by Gasteiger charge is 2.18. The number of likely N-dealkylation sites (N-methyl/N-ethyl adjacent to an activating group) is 1. The molecule has 6 aromatic rings. The van der Waals surface area contributed by atoms with Gasteiger partial charge in [-0.2, -0.15) is 5.10 Å². The average molecular weight is 511 g/mol. The Hall–Kier alpha value is -4.64. The molecule has 5 aromatic heterocycles. The quantitative estimate of drug-likeness (QED) is 0.292. The number of nitrogens with zero attached hydrogens (tertiary/aromatic N) is 7. The van der Waals surface area contributed by atoms with Gasteiger partial charge in [0.25, 0.3) is 0 Å². The highest BCUT2D eigenvalue weighted by atomic mass is 19.1. The van der Waals surface area contributed by atoms with Crippen molar-refractivity contribution in [2.24, 2.45) is 7.05 Å². The fraction of sp³-hybridized carbons (Fsp3) is 0.222. The number of hydrogen-bond donors (Lipinski definition) is 3. The van der Waals surface area contributed by atoms with Crippen LogP contribution in [0.25, 0.3) is 56.1 Å². The van der Waals surface area contributed by atoms with Crippen molar-refractivity contribution < 1.29 is 4.39 Å². The summed E-state index contributed by atoms with van der Waals surface area (Å²) in [5, 5.41) is 11.7. The highest BCUT2D eigenvalue weighted by Crippen LogP contribution is 2.32. The van der Waals surface area contributed by atoms with Crippen LogP contribution in [0.2, 0.25) is 0 Å². The fourth-order valence-corrected chi connectivity index (χ4v) is 4.49. The molecule has 38 heavy (non-hydrogen) atoms. The molecule has 0 unspecified atom stereocenters. The highest BCUT2D eigenvalue weighted by molar-refractivity contribution is 5.97. The maximum absolute atomic E-state index is 14.6. The van der Waals surface area contributed by atoms with Crippen molar-refractivity contribution >= 4 is 27.6 Å². The van der Waals surface area contributed by atoms with Gasteiger partial charge >= 0.3 is 0 Å². The SMILES string of the molecule is Cc1ncc(-c2cc3c(-c4nc5c(-c6cc(F)cc(NCCN(C)C)c6)nccc5[nH]4)n[nH]c3cn2)n1C. The summed E-state index contributed by atoms with van der Waals surface area (Å²) in [5.74, 6) is 1.15. The van der Waals surface area contributed by atoms with Crippen molar-refractivity contribution in [1.82, 2.24) is 44.6 Å². The molecule has 0 aliphatic rings. The lowest BCUT2D eigenvalue weighted by Gasteiger charge is -2.12. The van der Waals surface area contributed by atoms with E-state index in [9.17, 15) is 4.39 Å². The standard InChI is InChI=1S/C27H27FN10/c1-15-31-14-23(38(15)4)21-12-19-22(13-32-21)35-36-25(19)27-33-20-5-6-30-24(26(20)34-27)16-9-17(28)11-18(10-16)29-7-8-37(2)3/h5-6,9-14,29H,7-8H2,1-4H3,(H,33,34)(H,35,36). The molecular formula is C27H27FN10. The van der Waals surface area contributed by atoms with Crippen LogP contribution in [0.5, 0.6) is 0 Å². The number of aryl methyl sites for hydroxylation is 1. The van der Waals surface area contributed by atoms with Gasteiger partial charge < -0.3 is 19.8 Å². The number of anilines is 1. The second-order valence-electron chi connectivity index (χ2n) is 9.54. The molecule has 0 radical (unpaired) electrons. The molecule has 11 heteroatoms. The monoisotopic (exact) mass is 510 g/mol. The first kappa shape index (κ1) is 23.7. The topological polar surface area (TPSA) is 116 Å². The Balaban J connectivity index is 1.41. The Bertz CT molecular complexity index is 1780. The van der Waals surface area contributed by atoms with E-state index in [-0.39, 0.29) is 5.82 Å². The molecule has 0 fully saturated rings. The lowest BCUT2D eigenvalue weighted by Crippen LogP contribution is -2.20. The number of halogens is 1. The molecule has 0 bridgehead atoms. The third kappa shape index (κ3) is 4.26. The van der Waals surface area contributed by atoms with E-state index in [4.69, 9.17) is 4.98 Å². The third-order valence-electron chi connectivity index (χ3n) is 6.61. The largest absolute Gasteiger partial charge is 0.384 e. The number of pyridine rings is 2. The van der Waals surface area contributed by atoms with Crippen LogP contribution in [-0.2, 0) is 7.05 Å². The van der Waals surface area contributed by atoms with Crippen molar-refractivity contribution in [3.05, 3.63) is 60.6 Å². The van der Waals surface area contributed by atoms with Crippen molar-refractivity contribution in [1.29, 1.82) is 0 Å². The maximum atomic E-state index is 14.6. The molecule has 3 N–H and O–H groups in total. The van der Waals surface area contributed by atoms with Gasteiger partial charge in [-0.25, -0.2) is 14.4 Å². The van der Waals surface area contributed by atoms with Gasteiger partial charge in [0.05, 0.1) is 40.5 Å². The Morgan fingerprint density at radius 1 is 1.03 bits per heavy atom. The summed E-state index contributed by atoms with van der Waals surface area (Å²) in [6, 6.07) is 8.69. The van der Waals surface area contributed by atoms with Crippen LogP contribution >= 0.6 is 0 Å². The lowest BCUT2D eigenvalue weighted by atomic mass is 10.1. The molecule has 0 amide bonds. The number of hydrogen-bond acceptors (Lipinski definition) is 7. The normalized spacial score (nSPS) is 11.7. The van der Waals surface area contributed by atoms with E-state index in [1.165, 1.54) is 12.1 Å². The fourth-order valence-electron chi connectivity index (χ4n) is 4.49. The van der Waals surface area contributed by atoms with Gasteiger partial charge in [-0.15, -0.1) is 0 Å². The van der Waals surface area contributed by atoms with Crippen molar-refractivity contribution in [3.63, 3.8) is 0 Å². The van der Waals surface area contributed by atoms with Crippen LogP contribution in [0.4, 0.5) is 10.1 Å². The first-order valence-electron chi connectivity index (χ1n) is 12.2. The Morgan fingerprint density at radius 2 is 1.89 bits per heavy atom. The Kier molecular flexibility index (Phi) is 5.84. The van der Waals surface area contributed by atoms with Gasteiger partial charge in [0.2, 0.25) is 0 Å². The van der Waals surface area contributed by atoms with Gasteiger partial charge in [-0.1, -0.05) is 0 Å². The van der Waals surface area contributed by atoms with Gasteiger partial charge in [-0.3, -0.25) is 15.1 Å². The summed E-state index contributed by atoms with van der Waals surface area (Å²) in [7, 11) is 5.96. The number of aromatic nitrogens is 8. The van der Waals surface area contributed by atoms with Crippen LogP contribution in [0.15, 0.2) is 48.9 Å². The summed E-state index contributed by atoms with van der Waals surface area (Å²) >= 11 is 0. The number of nitrogens with one attached hydrogen (secondary N) is 3. The maximum Gasteiger partial charge on any atom is 0.159 e. The number of imidazole rings is 2. The molecule has 10 nitrogen and oxygen atoms in total. The molecule has 6 rings (SSSR count). The number of fused-ring (bicyclic) bond motifs is 2. The minimum Gasteiger partial charge on any atom is -0.384 e. The summed E-state index contributed by atoms with van der Waals surface area (Å²) < 4.78 is 16.6. The van der Waals surface area contributed by atoms with Crippen LogP contribution in [-0.4, -0.2) is 71.8 Å². The van der Waals surface area contributed by atoms with Gasteiger partial charge in [-0.05, 0) is 51.4 Å². The van der Waals surface area contributed by atoms with E-state index in [1.807, 2.05) is 57.0 Å². The summed E-state index contributed by atoms with van der Waals surface area (Å²) in [6.07, 6.45) is 5.26. The summed E-state index contributed by atoms with van der Waals surface area (Å²) in [4.78, 5) is 23.8. The zero-order valence-electron chi connectivity index (χ0n) is 21.5. The van der Waals surface area contributed by atoms with Gasteiger partial charge in [0, 0.05) is 43.0 Å². The van der Waals surface area contributed by atoms with E-state index in [0.29, 0.717) is 40.5 Å². The van der Waals surface area contributed by atoms with E-state index in [0.717, 1.165) is 40.2 Å². The zero-order chi connectivity index (χ0) is 26.4. The van der Waals surface area contributed by atoms with E-state index in [1.54, 1.807) is 12.4 Å². The van der Waals surface area contributed by atoms with Crippen molar-refractivity contribution in [3.8, 4) is 34.2 Å². The predicted molar refractivity (Wildman–Crippen MR) is 146 cm³/mol. The molecule has 0 spiro atoms. The molecule has 5 heterocycles. The first-order chi connectivity index (χ1) is 18.4. The number of aromatic amines is 2. The van der Waals surface area contributed by atoms with Crippen LogP contribution in [0.3, 0.4) is 0 Å². The average Bonchev–Trinajstić information content (AvgIpc) is 3.59. The van der Waals surface area contributed by atoms with E-state index in [2.05, 4.69) is 40.3 Å². The molecule has 0 aliphatic carbocycles. The molecule has 0 aliphatic heterocycles. The van der Waals surface area contributed by atoms with Crippen molar-refractivity contribution in [2.75, 3.05) is 32.5 Å². The number of rotatable bonds is 7. The van der Waals surface area contributed by atoms with Crippen molar-refractivity contribution in [2.45, 2.75) is 6.92 Å². The second-order valence-corrected chi connectivity index (χ2v) is 9.54. The minimum absolute atomic E-state index is 0.340. The van der Waals surface area contributed by atoms with Gasteiger partial charge in [0.1, 0.15) is 22.9 Å².